The Morgan fingerprint density at radius 3 is 2.81 bits per heavy atom. The maximum atomic E-state index is 13.5. The van der Waals surface area contributed by atoms with Gasteiger partial charge >= 0.3 is 0 Å². The summed E-state index contributed by atoms with van der Waals surface area (Å²) < 4.78 is 0. The molecule has 1 saturated heterocycles. The van der Waals surface area contributed by atoms with Gasteiger partial charge in [-0.05, 0) is 68.9 Å². The molecule has 0 saturated carbocycles. The van der Waals surface area contributed by atoms with E-state index in [1.807, 2.05) is 36.4 Å². The number of halogens is 1. The average Bonchev–Trinajstić information content (AvgIpc) is 3.23. The lowest BCUT2D eigenvalue weighted by molar-refractivity contribution is 0.102. The molecule has 2 aliphatic rings. The van der Waals surface area contributed by atoms with Crippen molar-refractivity contribution in [3.05, 3.63) is 64.5 Å². The van der Waals surface area contributed by atoms with Crippen molar-refractivity contribution in [2.45, 2.75) is 38.5 Å². The number of anilines is 2. The van der Waals surface area contributed by atoms with Crippen molar-refractivity contribution in [1.82, 2.24) is 9.88 Å². The molecule has 1 aromatic carbocycles. The molecule has 1 fully saturated rings. The summed E-state index contributed by atoms with van der Waals surface area (Å²) in [6.45, 7) is 2.15. The van der Waals surface area contributed by atoms with Gasteiger partial charge in [-0.3, -0.25) is 4.79 Å². The van der Waals surface area contributed by atoms with Crippen LogP contribution in [0.2, 0.25) is 5.02 Å². The number of aromatic nitrogens is 1. The quantitative estimate of drug-likeness (QED) is 0.673. The van der Waals surface area contributed by atoms with E-state index in [0.29, 0.717) is 16.4 Å². The van der Waals surface area contributed by atoms with Crippen LogP contribution in [0.4, 0.5) is 11.5 Å². The third-order valence-electron chi connectivity index (χ3n) is 5.34. The normalized spacial score (nSPS) is 17.3. The van der Waals surface area contributed by atoms with Crippen LogP contribution >= 0.6 is 11.6 Å². The van der Waals surface area contributed by atoms with Crippen LogP contribution < -0.4 is 5.32 Å². The van der Waals surface area contributed by atoms with Crippen LogP contribution in [0.5, 0.6) is 0 Å². The lowest BCUT2D eigenvalue weighted by Gasteiger charge is -2.28. The number of nitrogens with one attached hydrogen (secondary N) is 1. The monoisotopic (exact) mass is 393 g/mol. The molecule has 4 rings (SSSR count). The zero-order valence-corrected chi connectivity index (χ0v) is 16.1. The fraction of sp³-hybridized carbons (Fsp3) is 0.364. The molecule has 0 radical (unpaired) electrons. The minimum atomic E-state index is 0.106. The Morgan fingerprint density at radius 2 is 2.00 bits per heavy atom. The summed E-state index contributed by atoms with van der Waals surface area (Å²) in [6.07, 6.45) is 8.27. The molecule has 27 heavy (non-hydrogen) atoms. The van der Waals surface area contributed by atoms with Crippen LogP contribution in [0.1, 0.15) is 48.9 Å². The zero-order chi connectivity index (χ0) is 18.6. The van der Waals surface area contributed by atoms with Crippen LogP contribution in [0, 0.1) is 0 Å². The molecular weight excluding hydrogens is 370 g/mol. The molecule has 0 atom stereocenters. The second kappa shape index (κ2) is 8.13. The molecule has 1 aromatic heterocycles. The zero-order valence-electron chi connectivity index (χ0n) is 15.4. The highest BCUT2D eigenvalue weighted by Crippen LogP contribution is 2.33. The number of allylic oxidation sites excluding steroid dienone is 2. The van der Waals surface area contributed by atoms with Gasteiger partial charge in [0.1, 0.15) is 5.82 Å². The van der Waals surface area contributed by atoms with Crippen LogP contribution in [0.3, 0.4) is 0 Å². The Hall–Kier alpha value is -2.33. The van der Waals surface area contributed by atoms with Gasteiger partial charge in [-0.1, -0.05) is 17.7 Å². The Labute approximate surface area is 165 Å². The van der Waals surface area contributed by atoms with Crippen LogP contribution in [-0.2, 0) is 0 Å². The summed E-state index contributed by atoms with van der Waals surface area (Å²) in [7, 11) is 0. The first-order chi connectivity index (χ1) is 13.2. The Kier molecular flexibility index (Phi) is 5.44. The van der Waals surface area contributed by atoms with E-state index in [9.17, 15) is 4.79 Å². The maximum absolute atomic E-state index is 13.5. The second-order valence-electron chi connectivity index (χ2n) is 7.19. The first kappa shape index (κ1) is 18.1. The van der Waals surface area contributed by atoms with E-state index in [1.54, 1.807) is 6.20 Å². The number of hydrogen-bond donors (Lipinski definition) is 1. The Balaban J connectivity index is 1.67. The SMILES string of the molecule is O=C(C1=C(N2CCCC2)CCCC1)c1cccnc1N[14c]1[14cH][14cH][14cH][14c](Cl)[14cH]1. The molecule has 0 amide bonds. The third-order valence-corrected chi connectivity index (χ3v) is 5.58. The number of rotatable bonds is 5. The summed E-state index contributed by atoms with van der Waals surface area (Å²) in [5.74, 6) is 0.692. The number of likely N-dealkylation sites (tertiary alicyclic amines) is 1. The molecule has 0 spiro atoms. The predicted molar refractivity (Wildman–Crippen MR) is 110 cm³/mol. The van der Waals surface area contributed by atoms with Gasteiger partial charge in [0.15, 0.2) is 5.78 Å². The minimum absolute atomic E-state index is 0.106. The van der Waals surface area contributed by atoms with Crippen LogP contribution in [0.25, 0.3) is 0 Å². The van der Waals surface area contributed by atoms with Crippen LogP contribution in [-0.4, -0.2) is 28.8 Å². The summed E-state index contributed by atoms with van der Waals surface area (Å²) in [4.78, 5) is 20.3. The smallest absolute Gasteiger partial charge is 0.194 e. The van der Waals surface area contributed by atoms with Gasteiger partial charge in [-0.2, -0.15) is 0 Å². The van der Waals surface area contributed by atoms with Gasteiger partial charge in [0.2, 0.25) is 0 Å². The number of ketones is 1. The third kappa shape index (κ3) is 4.01. The summed E-state index contributed by atoms with van der Waals surface area (Å²) in [6, 6.07) is 11.2. The van der Waals surface area contributed by atoms with Gasteiger partial charge in [-0.25, -0.2) is 4.98 Å². The van der Waals surface area contributed by atoms with Crippen molar-refractivity contribution in [1.29, 1.82) is 0 Å². The number of nitrogens with zero attached hydrogens (tertiary/aromatic N) is 2. The fourth-order valence-corrected chi connectivity index (χ4v) is 4.21. The van der Waals surface area contributed by atoms with Gasteiger partial charge in [0, 0.05) is 41.3 Å². The maximum Gasteiger partial charge on any atom is 0.194 e. The first-order valence-electron chi connectivity index (χ1n) is 9.71. The number of benzene rings is 1. The lowest BCUT2D eigenvalue weighted by Crippen LogP contribution is -2.25. The average molecular weight is 394 g/mol. The van der Waals surface area contributed by atoms with E-state index < -0.39 is 0 Å². The number of hydrogen-bond acceptors (Lipinski definition) is 4. The standard InChI is InChI=1S/C22H24ClN3O/c23-16-7-5-8-17(15-16)25-22-19(10-6-12-24-22)21(27)18-9-1-2-11-20(18)26-13-3-4-14-26/h5-8,10,12,15H,1-4,9,11,13-14H2,(H,24,25)/i5+2,7+2,8+2,15+2,16+2,17+2. The van der Waals surface area contributed by atoms with Gasteiger partial charge in [-0.15, -0.1) is 0 Å². The van der Waals surface area contributed by atoms with Gasteiger partial charge < -0.3 is 10.2 Å². The predicted octanol–water partition coefficient (Wildman–Crippen LogP) is 5.59. The van der Waals surface area contributed by atoms with Crippen molar-refractivity contribution in [3.8, 4) is 0 Å². The van der Waals surface area contributed by atoms with Crippen molar-refractivity contribution in [3.63, 3.8) is 0 Å². The summed E-state index contributed by atoms with van der Waals surface area (Å²) >= 11 is 6.09. The molecule has 140 valence electrons. The molecule has 2 heterocycles. The molecule has 0 unspecified atom stereocenters. The van der Waals surface area contributed by atoms with Crippen molar-refractivity contribution < 1.29 is 4.79 Å². The van der Waals surface area contributed by atoms with Crippen molar-refractivity contribution in [2.24, 2.45) is 0 Å². The van der Waals surface area contributed by atoms with E-state index in [4.69, 9.17) is 11.6 Å². The Bertz CT molecular complexity index is 871. The van der Waals surface area contributed by atoms with E-state index in [1.165, 1.54) is 25.0 Å². The largest absolute Gasteiger partial charge is 0.374 e. The number of Topliss-reactive ketones (excluding diaryl/α,β-unsaturated/α-hetero) is 1. The molecular formula is C22H24ClN3O. The molecule has 1 N–H and O–H groups in total. The first-order valence-corrected chi connectivity index (χ1v) is 10.1. The molecule has 1 aliphatic heterocycles. The lowest BCUT2D eigenvalue weighted by atomic mass is 9.90. The second-order valence-corrected chi connectivity index (χ2v) is 7.63. The van der Waals surface area contributed by atoms with Crippen LogP contribution in [0.15, 0.2) is 53.9 Å². The van der Waals surface area contributed by atoms with E-state index >= 15 is 0 Å². The Morgan fingerprint density at radius 1 is 1.19 bits per heavy atom. The van der Waals surface area contributed by atoms with Crippen molar-refractivity contribution >= 4 is 28.9 Å². The van der Waals surface area contributed by atoms with E-state index in [0.717, 1.165) is 43.6 Å². The molecule has 1 aliphatic carbocycles. The molecule has 2 aromatic rings. The number of pyridine rings is 1. The minimum Gasteiger partial charge on any atom is -0.374 e. The highest BCUT2D eigenvalue weighted by atomic mass is 35.5. The summed E-state index contributed by atoms with van der Waals surface area (Å²) in [5, 5.41) is 3.91. The molecule has 4 nitrogen and oxygen atoms in total. The fourth-order valence-electron chi connectivity index (χ4n) is 4.02. The van der Waals surface area contributed by atoms with Gasteiger partial charge in [0.05, 0.1) is 5.56 Å². The van der Waals surface area contributed by atoms with E-state index in [2.05, 4.69) is 15.2 Å². The highest BCUT2D eigenvalue weighted by molar-refractivity contribution is 6.30. The summed E-state index contributed by atoms with van der Waals surface area (Å²) in [5.41, 5.74) is 3.70. The molecule has 0 bridgehead atoms. The van der Waals surface area contributed by atoms with E-state index in [-0.39, 0.29) is 5.78 Å². The molecule has 5 heteroatoms. The number of carbonyl (C=O) groups is 1. The highest BCUT2D eigenvalue weighted by Gasteiger charge is 2.27. The number of carbonyl (C=O) groups excluding carboxylic acids is 1. The van der Waals surface area contributed by atoms with Gasteiger partial charge in [0.25, 0.3) is 0 Å². The topological polar surface area (TPSA) is 45.2 Å². The van der Waals surface area contributed by atoms with Crippen molar-refractivity contribution in [2.75, 3.05) is 18.4 Å².